The molecule has 4 rings (SSSR count). The maximum Gasteiger partial charge on any atom is 0.387 e. The lowest BCUT2D eigenvalue weighted by Gasteiger charge is -2.36. The van der Waals surface area contributed by atoms with Gasteiger partial charge in [0.25, 0.3) is 0 Å². The minimum atomic E-state index is -3.89. The molecule has 0 unspecified atom stereocenters. The summed E-state index contributed by atoms with van der Waals surface area (Å²) in [5.41, 5.74) is 2.22. The van der Waals surface area contributed by atoms with Gasteiger partial charge in [-0.15, -0.1) is 0 Å². The maximum absolute atomic E-state index is 13.2. The number of benzene rings is 3. The highest BCUT2D eigenvalue weighted by molar-refractivity contribution is 7.89. The Morgan fingerprint density at radius 1 is 0.902 bits per heavy atom. The Kier molecular flexibility index (Phi) is 10.3. The molecule has 0 spiro atoms. The molecule has 12 heteroatoms. The van der Waals surface area contributed by atoms with E-state index in [1.54, 1.807) is 31.4 Å². The minimum absolute atomic E-state index is 0.0973. The topological polar surface area (TPSA) is 94.6 Å². The summed E-state index contributed by atoms with van der Waals surface area (Å²) in [5.74, 6) is 0.0625. The van der Waals surface area contributed by atoms with Gasteiger partial charge in [0.05, 0.1) is 37.4 Å². The van der Waals surface area contributed by atoms with Crippen molar-refractivity contribution in [2.24, 2.45) is 0 Å². The van der Waals surface area contributed by atoms with Crippen LogP contribution in [0.15, 0.2) is 77.7 Å². The van der Waals surface area contributed by atoms with Gasteiger partial charge in [-0.2, -0.15) is 13.1 Å². The first kappa shape index (κ1) is 30.4. The second-order valence-corrected chi connectivity index (χ2v) is 11.3. The van der Waals surface area contributed by atoms with Crippen LogP contribution in [0.25, 0.3) is 0 Å². The Labute approximate surface area is 238 Å². The number of carbonyl (C=O) groups is 1. The number of piperazine rings is 1. The van der Waals surface area contributed by atoms with E-state index in [1.165, 1.54) is 29.6 Å². The average molecular weight is 591 g/mol. The van der Waals surface area contributed by atoms with Crippen LogP contribution in [0.1, 0.15) is 27.6 Å². The second kappa shape index (κ2) is 13.9. The zero-order chi connectivity index (χ0) is 29.4. The van der Waals surface area contributed by atoms with Crippen LogP contribution in [0.3, 0.4) is 0 Å². The van der Waals surface area contributed by atoms with E-state index in [9.17, 15) is 22.0 Å². The standard InChI is InChI=1S/C29H32F2N2O7S/c1-37-24-6-3-5-23(17-24)27(39-20-21-9-11-22(12-10-21)28(34)38-2)19-32-13-15-33(16-14-32)41(35,36)26-8-4-7-25(18-26)40-29(30)31/h3-12,17-18,27,29H,13-16,19-20H2,1-2H3/t27-/m1/s1. The third-order valence-corrected chi connectivity index (χ3v) is 8.61. The normalized spacial score (nSPS) is 15.4. The molecule has 0 aliphatic carbocycles. The smallest absolute Gasteiger partial charge is 0.387 e. The van der Waals surface area contributed by atoms with Crippen LogP contribution < -0.4 is 9.47 Å². The van der Waals surface area contributed by atoms with Crippen molar-refractivity contribution in [1.29, 1.82) is 0 Å². The first-order valence-corrected chi connectivity index (χ1v) is 14.3. The SMILES string of the molecule is COC(=O)c1ccc(CO[C@H](CN2CCN(S(=O)(=O)c3cccc(OC(F)F)c3)CC2)c2cccc(OC)c2)cc1. The summed E-state index contributed by atoms with van der Waals surface area (Å²) in [6, 6.07) is 19.7. The van der Waals surface area contributed by atoms with E-state index in [0.717, 1.165) is 17.2 Å². The molecule has 1 atom stereocenters. The summed E-state index contributed by atoms with van der Waals surface area (Å²) in [4.78, 5) is 13.8. The predicted molar refractivity (Wildman–Crippen MR) is 147 cm³/mol. The number of halogens is 2. The zero-order valence-electron chi connectivity index (χ0n) is 22.7. The van der Waals surface area contributed by atoms with Crippen LogP contribution in [-0.2, 0) is 26.1 Å². The van der Waals surface area contributed by atoms with E-state index in [0.29, 0.717) is 30.9 Å². The number of alkyl halides is 2. The zero-order valence-corrected chi connectivity index (χ0v) is 23.6. The average Bonchev–Trinajstić information content (AvgIpc) is 2.99. The molecule has 0 amide bonds. The molecular weight excluding hydrogens is 558 g/mol. The predicted octanol–water partition coefficient (Wildman–Crippen LogP) is 4.35. The molecule has 1 heterocycles. The third kappa shape index (κ3) is 8.00. The van der Waals surface area contributed by atoms with Gasteiger partial charge >= 0.3 is 12.6 Å². The van der Waals surface area contributed by atoms with E-state index in [-0.39, 0.29) is 36.4 Å². The Balaban J connectivity index is 1.42. The number of hydrogen-bond donors (Lipinski definition) is 0. The lowest BCUT2D eigenvalue weighted by Crippen LogP contribution is -2.49. The highest BCUT2D eigenvalue weighted by Gasteiger charge is 2.30. The summed E-state index contributed by atoms with van der Waals surface area (Å²) in [7, 11) is -0.970. The Morgan fingerprint density at radius 3 is 2.24 bits per heavy atom. The lowest BCUT2D eigenvalue weighted by atomic mass is 10.1. The molecule has 1 saturated heterocycles. The van der Waals surface area contributed by atoms with Crippen LogP contribution in [0, 0.1) is 0 Å². The molecule has 220 valence electrons. The first-order valence-electron chi connectivity index (χ1n) is 12.9. The van der Waals surface area contributed by atoms with Crippen LogP contribution in [0.5, 0.6) is 11.5 Å². The van der Waals surface area contributed by atoms with Crippen molar-refractivity contribution in [1.82, 2.24) is 9.21 Å². The summed E-state index contributed by atoms with van der Waals surface area (Å²) < 4.78 is 73.8. The van der Waals surface area contributed by atoms with Crippen molar-refractivity contribution in [3.63, 3.8) is 0 Å². The van der Waals surface area contributed by atoms with E-state index in [1.807, 2.05) is 24.3 Å². The monoisotopic (exact) mass is 590 g/mol. The number of carbonyl (C=O) groups excluding carboxylic acids is 1. The molecule has 1 aliphatic heterocycles. The van der Waals surface area contributed by atoms with Gasteiger partial charge in [-0.05, 0) is 47.5 Å². The van der Waals surface area contributed by atoms with Gasteiger partial charge in [0.2, 0.25) is 10.0 Å². The quantitative estimate of drug-likeness (QED) is 0.288. The molecule has 3 aromatic carbocycles. The van der Waals surface area contributed by atoms with Crippen LogP contribution >= 0.6 is 0 Å². The van der Waals surface area contributed by atoms with Gasteiger partial charge in [0.1, 0.15) is 11.5 Å². The summed E-state index contributed by atoms with van der Waals surface area (Å²) in [6.07, 6.45) is -0.350. The molecule has 41 heavy (non-hydrogen) atoms. The lowest BCUT2D eigenvalue weighted by molar-refractivity contribution is -0.0500. The van der Waals surface area contributed by atoms with Crippen LogP contribution in [-0.4, -0.2) is 77.1 Å². The molecule has 0 saturated carbocycles. The summed E-state index contributed by atoms with van der Waals surface area (Å²) in [6.45, 7) is -0.915. The second-order valence-electron chi connectivity index (χ2n) is 9.32. The van der Waals surface area contributed by atoms with Gasteiger partial charge in [-0.1, -0.05) is 30.3 Å². The largest absolute Gasteiger partial charge is 0.497 e. The maximum atomic E-state index is 13.2. The van der Waals surface area contributed by atoms with E-state index in [4.69, 9.17) is 14.2 Å². The minimum Gasteiger partial charge on any atom is -0.497 e. The molecule has 1 aliphatic rings. The van der Waals surface area contributed by atoms with E-state index < -0.39 is 22.6 Å². The number of methoxy groups -OCH3 is 2. The molecule has 1 fully saturated rings. The molecule has 0 aromatic heterocycles. The van der Waals surface area contributed by atoms with Crippen molar-refractivity contribution in [3.05, 3.63) is 89.5 Å². The van der Waals surface area contributed by atoms with Crippen molar-refractivity contribution in [2.75, 3.05) is 46.9 Å². The van der Waals surface area contributed by atoms with Crippen LogP contribution in [0.2, 0.25) is 0 Å². The van der Waals surface area contributed by atoms with Gasteiger partial charge in [0.15, 0.2) is 0 Å². The van der Waals surface area contributed by atoms with Crippen LogP contribution in [0.4, 0.5) is 8.78 Å². The van der Waals surface area contributed by atoms with Gasteiger partial charge < -0.3 is 18.9 Å². The third-order valence-electron chi connectivity index (χ3n) is 6.72. The molecule has 3 aromatic rings. The first-order chi connectivity index (χ1) is 19.7. The van der Waals surface area contributed by atoms with Crippen molar-refractivity contribution in [2.45, 2.75) is 24.2 Å². The number of rotatable bonds is 12. The molecule has 0 N–H and O–H groups in total. The summed E-state index contributed by atoms with van der Waals surface area (Å²) in [5, 5.41) is 0. The van der Waals surface area contributed by atoms with Crippen molar-refractivity contribution >= 4 is 16.0 Å². The highest BCUT2D eigenvalue weighted by atomic mass is 32.2. The molecule has 0 radical (unpaired) electrons. The summed E-state index contributed by atoms with van der Waals surface area (Å²) >= 11 is 0. The number of sulfonamides is 1. The number of esters is 1. The Morgan fingerprint density at radius 2 is 1.59 bits per heavy atom. The molecular formula is C29H32F2N2O7S. The van der Waals surface area contributed by atoms with Gasteiger partial charge in [-0.25, -0.2) is 13.2 Å². The van der Waals surface area contributed by atoms with E-state index >= 15 is 0 Å². The van der Waals surface area contributed by atoms with Gasteiger partial charge in [-0.3, -0.25) is 4.90 Å². The van der Waals surface area contributed by atoms with E-state index in [2.05, 4.69) is 9.64 Å². The number of hydrogen-bond acceptors (Lipinski definition) is 8. The highest BCUT2D eigenvalue weighted by Crippen LogP contribution is 2.27. The van der Waals surface area contributed by atoms with Crippen molar-refractivity contribution < 1.29 is 40.9 Å². The number of ether oxygens (including phenoxy) is 4. The van der Waals surface area contributed by atoms with Gasteiger partial charge in [0, 0.05) is 38.8 Å². The number of nitrogens with zero attached hydrogens (tertiary/aromatic N) is 2. The molecule has 9 nitrogen and oxygen atoms in total. The Bertz CT molecular complexity index is 1410. The fourth-order valence-corrected chi connectivity index (χ4v) is 5.95. The molecule has 0 bridgehead atoms. The van der Waals surface area contributed by atoms with Crippen molar-refractivity contribution in [3.8, 4) is 11.5 Å². The fourth-order valence-electron chi connectivity index (χ4n) is 4.49. The fraction of sp³-hybridized carbons (Fsp3) is 0.345. The Hall–Kier alpha value is -3.58.